The molecular formula is C24H24N8O. The molecule has 0 unspecified atom stereocenters. The molecule has 4 heterocycles. The molecule has 0 amide bonds. The van der Waals surface area contributed by atoms with Crippen LogP contribution >= 0.6 is 0 Å². The monoisotopic (exact) mass is 440 g/mol. The zero-order valence-corrected chi connectivity index (χ0v) is 18.3. The Morgan fingerprint density at radius 3 is 2.73 bits per heavy atom. The number of fused-ring (bicyclic) bond motifs is 2. The van der Waals surface area contributed by atoms with Crippen molar-refractivity contribution in [3.8, 4) is 11.4 Å². The van der Waals surface area contributed by atoms with Gasteiger partial charge in [0.2, 0.25) is 5.95 Å². The summed E-state index contributed by atoms with van der Waals surface area (Å²) in [7, 11) is 2.03. The van der Waals surface area contributed by atoms with Gasteiger partial charge in [-0.25, -0.2) is 0 Å². The van der Waals surface area contributed by atoms with Gasteiger partial charge in [0.15, 0.2) is 11.5 Å². The molecule has 0 radical (unpaired) electrons. The Morgan fingerprint density at radius 2 is 1.88 bits per heavy atom. The molecule has 3 N–H and O–H groups in total. The Morgan fingerprint density at radius 1 is 1.03 bits per heavy atom. The Hall–Kier alpha value is -4.11. The van der Waals surface area contributed by atoms with Crippen molar-refractivity contribution in [3.63, 3.8) is 0 Å². The van der Waals surface area contributed by atoms with Crippen LogP contribution in [0.25, 0.3) is 27.9 Å². The molecule has 0 aliphatic carbocycles. The third-order valence-corrected chi connectivity index (χ3v) is 6.03. The number of hydrogen-bond acceptors (Lipinski definition) is 7. The average molecular weight is 441 g/mol. The van der Waals surface area contributed by atoms with E-state index in [0.717, 1.165) is 60.0 Å². The van der Waals surface area contributed by atoms with Crippen LogP contribution in [-0.4, -0.2) is 50.5 Å². The fourth-order valence-electron chi connectivity index (χ4n) is 4.43. The third kappa shape index (κ3) is 3.42. The lowest BCUT2D eigenvalue weighted by atomic mass is 10.1. The van der Waals surface area contributed by atoms with E-state index < -0.39 is 0 Å². The molecule has 1 aliphatic rings. The maximum absolute atomic E-state index is 6.39. The van der Waals surface area contributed by atoms with Gasteiger partial charge in [-0.15, -0.1) is 0 Å². The molecule has 0 saturated carbocycles. The molecule has 6 rings (SSSR count). The summed E-state index contributed by atoms with van der Waals surface area (Å²) >= 11 is 0. The molecule has 5 aromatic rings. The number of para-hydroxylation sites is 1. The normalized spacial score (nSPS) is 14.3. The van der Waals surface area contributed by atoms with Crippen molar-refractivity contribution >= 4 is 39.6 Å². The molecule has 9 nitrogen and oxygen atoms in total. The number of nitrogens with two attached hydrogens (primary N) is 1. The van der Waals surface area contributed by atoms with E-state index in [0.29, 0.717) is 17.3 Å². The average Bonchev–Trinajstić information content (AvgIpc) is 3.44. The molecular weight excluding hydrogens is 416 g/mol. The topological polar surface area (TPSA) is 98.5 Å². The lowest BCUT2D eigenvalue weighted by Crippen LogP contribution is -2.36. The largest absolute Gasteiger partial charge is 0.397 e. The summed E-state index contributed by atoms with van der Waals surface area (Å²) in [4.78, 5) is 11.7. The number of ether oxygens (including phenoxy) is 1. The lowest BCUT2D eigenvalue weighted by molar-refractivity contribution is 0.123. The number of nitrogens with one attached hydrogen (secondary N) is 1. The van der Waals surface area contributed by atoms with Gasteiger partial charge >= 0.3 is 0 Å². The summed E-state index contributed by atoms with van der Waals surface area (Å²) in [6, 6.07) is 16.1. The highest BCUT2D eigenvalue weighted by molar-refractivity contribution is 5.94. The second-order valence-corrected chi connectivity index (χ2v) is 8.14. The smallest absolute Gasteiger partial charge is 0.231 e. The Kier molecular flexibility index (Phi) is 4.62. The van der Waals surface area contributed by atoms with Crippen molar-refractivity contribution < 1.29 is 4.74 Å². The zero-order chi connectivity index (χ0) is 22.4. The van der Waals surface area contributed by atoms with E-state index in [4.69, 9.17) is 15.5 Å². The van der Waals surface area contributed by atoms with Crippen molar-refractivity contribution in [3.05, 3.63) is 60.9 Å². The van der Waals surface area contributed by atoms with Crippen LogP contribution in [-0.2, 0) is 11.8 Å². The maximum atomic E-state index is 6.39. The van der Waals surface area contributed by atoms with Gasteiger partial charge in [0.25, 0.3) is 0 Å². The predicted octanol–water partition coefficient (Wildman–Crippen LogP) is 3.45. The number of anilines is 4. The Bertz CT molecular complexity index is 1460. The number of aromatic nitrogens is 5. The minimum Gasteiger partial charge on any atom is -0.397 e. The van der Waals surface area contributed by atoms with Crippen LogP contribution in [0.15, 0.2) is 60.9 Å². The van der Waals surface area contributed by atoms with Gasteiger partial charge in [0.1, 0.15) is 0 Å². The summed E-state index contributed by atoms with van der Waals surface area (Å²) in [5, 5.41) is 8.90. The molecule has 1 fully saturated rings. The number of nitrogens with zero attached hydrogens (tertiary/aromatic N) is 6. The number of aryl methyl sites for hydroxylation is 1. The van der Waals surface area contributed by atoms with Crippen LogP contribution in [0.4, 0.5) is 23.0 Å². The first kappa shape index (κ1) is 19.6. The van der Waals surface area contributed by atoms with Crippen LogP contribution < -0.4 is 16.0 Å². The quantitative estimate of drug-likeness (QED) is 0.413. The van der Waals surface area contributed by atoms with Crippen LogP contribution in [0.3, 0.4) is 0 Å². The van der Waals surface area contributed by atoms with Gasteiger partial charge in [-0.05, 0) is 24.3 Å². The second kappa shape index (κ2) is 7.79. The number of nitrogen functional groups attached to an aromatic ring is 1. The van der Waals surface area contributed by atoms with Gasteiger partial charge in [-0.1, -0.05) is 18.2 Å². The Labute approximate surface area is 190 Å². The standard InChI is InChI=1S/C24H24N8O/c1-30-15-18(17-4-2-3-5-20(17)30)23-29-24(28-22-8-9-26-32(22)23)27-16-6-7-21(19(25)14-16)31-10-12-33-13-11-31/h2-9,14-15H,10-13,25H2,1H3,(H,27,28). The van der Waals surface area contributed by atoms with Crippen LogP contribution in [0, 0.1) is 0 Å². The second-order valence-electron chi connectivity index (χ2n) is 8.14. The molecule has 2 aromatic carbocycles. The van der Waals surface area contributed by atoms with Gasteiger partial charge in [-0.2, -0.15) is 19.6 Å². The van der Waals surface area contributed by atoms with Gasteiger partial charge in [0.05, 0.1) is 30.8 Å². The van der Waals surface area contributed by atoms with Crippen LogP contribution in [0.1, 0.15) is 0 Å². The first-order chi connectivity index (χ1) is 16.2. The van der Waals surface area contributed by atoms with E-state index in [1.54, 1.807) is 10.7 Å². The van der Waals surface area contributed by atoms with Crippen molar-refractivity contribution in [2.75, 3.05) is 42.3 Å². The number of rotatable bonds is 4. The summed E-state index contributed by atoms with van der Waals surface area (Å²) in [5.74, 6) is 1.21. The SMILES string of the molecule is Cn1cc(-c2nc(Nc3ccc(N4CCOCC4)c(N)c3)nc3ccnn23)c2ccccc21. The minimum atomic E-state index is 0.490. The zero-order valence-electron chi connectivity index (χ0n) is 18.3. The van der Waals surface area contributed by atoms with E-state index in [1.807, 2.05) is 43.4 Å². The number of benzene rings is 2. The van der Waals surface area contributed by atoms with Crippen LogP contribution in [0.2, 0.25) is 0 Å². The predicted molar refractivity (Wildman–Crippen MR) is 130 cm³/mol. The number of morpholine rings is 1. The fraction of sp³-hybridized carbons (Fsp3) is 0.208. The van der Waals surface area contributed by atoms with Crippen molar-refractivity contribution in [1.29, 1.82) is 0 Å². The van der Waals surface area contributed by atoms with E-state index in [2.05, 4.69) is 43.2 Å². The molecule has 0 spiro atoms. The molecule has 33 heavy (non-hydrogen) atoms. The Balaban J connectivity index is 1.39. The highest BCUT2D eigenvalue weighted by Gasteiger charge is 2.17. The maximum Gasteiger partial charge on any atom is 0.231 e. The van der Waals surface area contributed by atoms with E-state index in [1.165, 1.54) is 0 Å². The highest BCUT2D eigenvalue weighted by Crippen LogP contribution is 2.31. The van der Waals surface area contributed by atoms with Crippen LogP contribution in [0.5, 0.6) is 0 Å². The van der Waals surface area contributed by atoms with Crippen molar-refractivity contribution in [2.24, 2.45) is 7.05 Å². The van der Waals surface area contributed by atoms with Gasteiger partial charge < -0.3 is 25.3 Å². The minimum absolute atomic E-state index is 0.490. The summed E-state index contributed by atoms with van der Waals surface area (Å²) in [6.45, 7) is 3.11. The van der Waals surface area contributed by atoms with Gasteiger partial charge in [-0.3, -0.25) is 0 Å². The summed E-state index contributed by atoms with van der Waals surface area (Å²) in [6.07, 6.45) is 3.81. The van der Waals surface area contributed by atoms with E-state index in [-0.39, 0.29) is 0 Å². The molecule has 166 valence electrons. The molecule has 0 atom stereocenters. The number of hydrogen-bond donors (Lipinski definition) is 2. The van der Waals surface area contributed by atoms with E-state index in [9.17, 15) is 0 Å². The molecule has 9 heteroatoms. The van der Waals surface area contributed by atoms with Crippen molar-refractivity contribution in [1.82, 2.24) is 24.1 Å². The first-order valence-electron chi connectivity index (χ1n) is 10.9. The van der Waals surface area contributed by atoms with E-state index >= 15 is 0 Å². The highest BCUT2D eigenvalue weighted by atomic mass is 16.5. The van der Waals surface area contributed by atoms with Crippen molar-refractivity contribution in [2.45, 2.75) is 0 Å². The lowest BCUT2D eigenvalue weighted by Gasteiger charge is -2.30. The summed E-state index contributed by atoms with van der Waals surface area (Å²) in [5.41, 5.74) is 11.8. The summed E-state index contributed by atoms with van der Waals surface area (Å²) < 4.78 is 9.31. The fourth-order valence-corrected chi connectivity index (χ4v) is 4.43. The van der Waals surface area contributed by atoms with Gasteiger partial charge in [0, 0.05) is 54.6 Å². The third-order valence-electron chi connectivity index (χ3n) is 6.03. The molecule has 1 aliphatic heterocycles. The molecule has 3 aromatic heterocycles. The molecule has 1 saturated heterocycles. The molecule has 0 bridgehead atoms. The first-order valence-corrected chi connectivity index (χ1v) is 10.9.